The van der Waals surface area contributed by atoms with Gasteiger partial charge in [-0.3, -0.25) is 0 Å². The Morgan fingerprint density at radius 3 is 2.15 bits per heavy atom. The molecule has 13 heavy (non-hydrogen) atoms. The number of unbranched alkanes of at least 4 members (excludes halogenated alkanes) is 1. The van der Waals surface area contributed by atoms with Gasteiger partial charge in [-0.15, -0.1) is 0 Å². The van der Waals surface area contributed by atoms with Gasteiger partial charge in [0.15, 0.2) is 0 Å². The molecule has 2 unspecified atom stereocenters. The quantitative estimate of drug-likeness (QED) is 0.604. The Hall–Kier alpha value is -0.0400. The molecule has 0 aromatic heterocycles. The summed E-state index contributed by atoms with van der Waals surface area (Å²) in [5, 5.41) is 0. The molecule has 1 heteroatoms. The van der Waals surface area contributed by atoms with Crippen molar-refractivity contribution in [2.24, 2.45) is 23.5 Å². The molecule has 2 atom stereocenters. The Balaban J connectivity index is 3.67. The zero-order valence-corrected chi connectivity index (χ0v) is 9.55. The molecule has 0 rings (SSSR count). The van der Waals surface area contributed by atoms with Crippen LogP contribution < -0.4 is 5.73 Å². The van der Waals surface area contributed by atoms with Gasteiger partial charge in [0.05, 0.1) is 0 Å². The number of nitrogens with two attached hydrogens (primary N) is 1. The molecule has 79 valence electrons. The molecular weight excluding hydrogens is 158 g/mol. The number of hydrogen-bond donors (Lipinski definition) is 1. The Morgan fingerprint density at radius 1 is 1.15 bits per heavy atom. The van der Waals surface area contributed by atoms with Crippen molar-refractivity contribution in [1.82, 2.24) is 0 Å². The fraction of sp³-hybridized carbons (Fsp3) is 0.917. The van der Waals surface area contributed by atoms with E-state index in [1.165, 1.54) is 25.7 Å². The molecule has 0 fully saturated rings. The average Bonchev–Trinajstić information content (AvgIpc) is 2.02. The maximum Gasteiger partial charge on any atom is -0.00773 e. The summed E-state index contributed by atoms with van der Waals surface area (Å²) >= 11 is 0. The van der Waals surface area contributed by atoms with Gasteiger partial charge in [0.25, 0.3) is 0 Å². The van der Waals surface area contributed by atoms with Crippen LogP contribution in [0.4, 0.5) is 0 Å². The van der Waals surface area contributed by atoms with Crippen molar-refractivity contribution in [3.63, 3.8) is 0 Å². The summed E-state index contributed by atoms with van der Waals surface area (Å²) in [6.07, 6.45) is 5.06. The van der Waals surface area contributed by atoms with Crippen molar-refractivity contribution in [2.45, 2.75) is 46.5 Å². The first-order valence-corrected chi connectivity index (χ1v) is 5.61. The summed E-state index contributed by atoms with van der Waals surface area (Å²) in [5.74, 6) is 2.18. The first-order chi connectivity index (χ1) is 6.07. The molecule has 0 aromatic carbocycles. The van der Waals surface area contributed by atoms with E-state index in [4.69, 9.17) is 5.73 Å². The van der Waals surface area contributed by atoms with E-state index in [1.54, 1.807) is 0 Å². The van der Waals surface area contributed by atoms with Crippen LogP contribution >= 0.6 is 0 Å². The van der Waals surface area contributed by atoms with E-state index in [9.17, 15) is 0 Å². The second-order valence-corrected chi connectivity index (χ2v) is 4.65. The average molecular weight is 184 g/mol. The lowest BCUT2D eigenvalue weighted by atomic mass is 9.84. The van der Waals surface area contributed by atoms with Crippen LogP contribution in [0.1, 0.15) is 46.5 Å². The Bertz CT molecular complexity index is 108. The van der Waals surface area contributed by atoms with E-state index in [0.29, 0.717) is 5.92 Å². The van der Waals surface area contributed by atoms with E-state index in [0.717, 1.165) is 18.4 Å². The molecule has 0 amide bonds. The third kappa shape index (κ3) is 7.06. The molecule has 1 radical (unpaired) electrons. The predicted octanol–water partition coefficient (Wildman–Crippen LogP) is 3.25. The first-order valence-electron chi connectivity index (χ1n) is 5.61. The zero-order chi connectivity index (χ0) is 10.3. The molecule has 0 spiro atoms. The minimum atomic E-state index is 0.583. The van der Waals surface area contributed by atoms with Crippen molar-refractivity contribution in [3.05, 3.63) is 6.92 Å². The van der Waals surface area contributed by atoms with Gasteiger partial charge in [-0.2, -0.15) is 0 Å². The molecule has 0 aliphatic heterocycles. The lowest BCUT2D eigenvalue weighted by Crippen LogP contribution is -2.12. The topological polar surface area (TPSA) is 26.0 Å². The third-order valence-corrected chi connectivity index (χ3v) is 2.61. The van der Waals surface area contributed by atoms with Crippen LogP contribution in [0.25, 0.3) is 0 Å². The molecule has 2 N–H and O–H groups in total. The Kier molecular flexibility index (Phi) is 7.35. The standard InChI is InChI=1S/C12H26N/c1-10(2)9-12(11(3)4)7-5-6-8-13/h10-12H,3,5-9,13H2,1-2,4H3. The van der Waals surface area contributed by atoms with E-state index in [1.807, 2.05) is 0 Å². The number of rotatable bonds is 7. The third-order valence-electron chi connectivity index (χ3n) is 2.61. The van der Waals surface area contributed by atoms with E-state index >= 15 is 0 Å². The molecule has 1 nitrogen and oxygen atoms in total. The smallest absolute Gasteiger partial charge is 0.00773 e. The predicted molar refractivity (Wildman–Crippen MR) is 60.4 cm³/mol. The van der Waals surface area contributed by atoms with Gasteiger partial charge in [0, 0.05) is 0 Å². The number of hydrogen-bond acceptors (Lipinski definition) is 1. The van der Waals surface area contributed by atoms with E-state index < -0.39 is 0 Å². The van der Waals surface area contributed by atoms with Crippen LogP contribution in [0.5, 0.6) is 0 Å². The van der Waals surface area contributed by atoms with Gasteiger partial charge in [-0.1, -0.05) is 40.5 Å². The molecule has 0 aromatic rings. The lowest BCUT2D eigenvalue weighted by Gasteiger charge is -2.22. The molecular formula is C12H26N. The summed E-state index contributed by atoms with van der Waals surface area (Å²) in [5.41, 5.74) is 5.48. The summed E-state index contributed by atoms with van der Waals surface area (Å²) in [6, 6.07) is 0. The summed E-state index contributed by atoms with van der Waals surface area (Å²) in [4.78, 5) is 0. The normalized spacial score (nSPS) is 14.1. The van der Waals surface area contributed by atoms with Crippen LogP contribution in [0.2, 0.25) is 0 Å². The molecule has 0 saturated carbocycles. The first kappa shape index (κ1) is 13.0. The second-order valence-electron chi connectivity index (χ2n) is 4.65. The van der Waals surface area contributed by atoms with Crippen molar-refractivity contribution < 1.29 is 0 Å². The van der Waals surface area contributed by atoms with Gasteiger partial charge in [-0.25, -0.2) is 0 Å². The lowest BCUT2D eigenvalue weighted by molar-refractivity contribution is 0.311. The van der Waals surface area contributed by atoms with Gasteiger partial charge in [0.2, 0.25) is 0 Å². The largest absolute Gasteiger partial charge is 0.330 e. The summed E-state index contributed by atoms with van der Waals surface area (Å²) in [7, 11) is 0. The highest BCUT2D eigenvalue weighted by Crippen LogP contribution is 2.24. The molecule has 0 saturated heterocycles. The second kappa shape index (κ2) is 7.37. The fourth-order valence-corrected chi connectivity index (χ4v) is 1.79. The summed E-state index contributed by atoms with van der Waals surface area (Å²) in [6.45, 7) is 11.8. The van der Waals surface area contributed by atoms with E-state index in [-0.39, 0.29) is 0 Å². The van der Waals surface area contributed by atoms with Crippen LogP contribution in [0.15, 0.2) is 0 Å². The summed E-state index contributed by atoms with van der Waals surface area (Å²) < 4.78 is 0. The molecule has 0 heterocycles. The highest BCUT2D eigenvalue weighted by molar-refractivity contribution is 4.69. The minimum absolute atomic E-state index is 0.583. The van der Waals surface area contributed by atoms with Crippen LogP contribution in [-0.2, 0) is 0 Å². The van der Waals surface area contributed by atoms with Gasteiger partial charge < -0.3 is 5.73 Å². The van der Waals surface area contributed by atoms with Gasteiger partial charge >= 0.3 is 0 Å². The highest BCUT2D eigenvalue weighted by atomic mass is 14.5. The Morgan fingerprint density at radius 2 is 1.77 bits per heavy atom. The maximum atomic E-state index is 5.48. The SMILES string of the molecule is [CH2]C(C)C(CCCCN)CC(C)C. The zero-order valence-electron chi connectivity index (χ0n) is 9.55. The minimum Gasteiger partial charge on any atom is -0.330 e. The van der Waals surface area contributed by atoms with Crippen molar-refractivity contribution >= 4 is 0 Å². The monoisotopic (exact) mass is 184 g/mol. The van der Waals surface area contributed by atoms with Crippen molar-refractivity contribution in [2.75, 3.05) is 6.54 Å². The Labute approximate surface area is 84.1 Å². The van der Waals surface area contributed by atoms with Gasteiger partial charge in [0.1, 0.15) is 0 Å². The van der Waals surface area contributed by atoms with Crippen LogP contribution in [-0.4, -0.2) is 6.54 Å². The highest BCUT2D eigenvalue weighted by Gasteiger charge is 2.14. The van der Waals surface area contributed by atoms with Crippen LogP contribution in [0.3, 0.4) is 0 Å². The molecule has 0 bridgehead atoms. The molecule has 0 aliphatic carbocycles. The molecule has 0 aliphatic rings. The van der Waals surface area contributed by atoms with Gasteiger partial charge in [-0.05, 0) is 37.1 Å². The fourth-order valence-electron chi connectivity index (χ4n) is 1.79. The maximum absolute atomic E-state index is 5.48. The van der Waals surface area contributed by atoms with Crippen molar-refractivity contribution in [1.29, 1.82) is 0 Å². The van der Waals surface area contributed by atoms with Crippen molar-refractivity contribution in [3.8, 4) is 0 Å². The van der Waals surface area contributed by atoms with Crippen LogP contribution in [0, 0.1) is 24.7 Å². The van der Waals surface area contributed by atoms with E-state index in [2.05, 4.69) is 27.7 Å².